The molecule has 176 valence electrons. The smallest absolute Gasteiger partial charge is 0.257 e. The van der Waals surface area contributed by atoms with Crippen LogP contribution < -0.4 is 9.47 Å². The first-order valence-corrected chi connectivity index (χ1v) is 11.5. The van der Waals surface area contributed by atoms with E-state index in [-0.39, 0.29) is 18.5 Å². The van der Waals surface area contributed by atoms with E-state index in [9.17, 15) is 4.79 Å². The number of hydrazone groups is 1. The highest BCUT2D eigenvalue weighted by Gasteiger charge is 2.35. The summed E-state index contributed by atoms with van der Waals surface area (Å²) in [6.07, 6.45) is 0.515. The van der Waals surface area contributed by atoms with Gasteiger partial charge in [0.2, 0.25) is 0 Å². The van der Waals surface area contributed by atoms with Gasteiger partial charge in [-0.05, 0) is 36.9 Å². The molecular weight excluding hydrogens is 450 g/mol. The maximum absolute atomic E-state index is 13.5. The lowest BCUT2D eigenvalue weighted by Gasteiger charge is -2.26. The van der Waals surface area contributed by atoms with Gasteiger partial charge in [0, 0.05) is 29.1 Å². The molecule has 1 amide bonds. The standard InChI is InChI=1S/C27H28ClN3O3/c1-30(17-19-9-5-4-6-10-19)18-27(32)31-25(22-15-20(33-2)13-14-26(22)34-3)16-24(29-31)21-11-7-8-12-23(21)28/h4-15,25H,16-18H2,1-3H3. The molecule has 1 aliphatic heterocycles. The molecule has 0 N–H and O–H groups in total. The minimum Gasteiger partial charge on any atom is -0.497 e. The fourth-order valence-electron chi connectivity index (χ4n) is 4.19. The normalized spacial score (nSPS) is 15.4. The van der Waals surface area contributed by atoms with Crippen LogP contribution in [0.4, 0.5) is 0 Å². The summed E-state index contributed by atoms with van der Waals surface area (Å²) in [5.74, 6) is 1.27. The van der Waals surface area contributed by atoms with E-state index in [0.29, 0.717) is 29.5 Å². The Bertz CT molecular complexity index is 1180. The predicted octanol–water partition coefficient (Wildman–Crippen LogP) is 5.17. The Hall–Kier alpha value is -3.35. The zero-order valence-corrected chi connectivity index (χ0v) is 20.3. The summed E-state index contributed by atoms with van der Waals surface area (Å²) in [5.41, 5.74) is 3.57. The van der Waals surface area contributed by atoms with Crippen LogP contribution in [-0.2, 0) is 11.3 Å². The molecule has 34 heavy (non-hydrogen) atoms. The lowest BCUT2D eigenvalue weighted by molar-refractivity contribution is -0.134. The Labute approximate surface area is 205 Å². The number of likely N-dealkylation sites (N-methyl/N-ethyl adjacent to an activating group) is 1. The van der Waals surface area contributed by atoms with Crippen molar-refractivity contribution in [1.29, 1.82) is 0 Å². The Kier molecular flexibility index (Phi) is 7.50. The average Bonchev–Trinajstić information content (AvgIpc) is 3.29. The molecule has 3 aromatic rings. The largest absolute Gasteiger partial charge is 0.497 e. The Morgan fingerprint density at radius 2 is 1.79 bits per heavy atom. The molecule has 1 unspecified atom stereocenters. The molecule has 7 heteroatoms. The second-order valence-corrected chi connectivity index (χ2v) is 8.66. The van der Waals surface area contributed by atoms with Gasteiger partial charge in [-0.2, -0.15) is 5.10 Å². The minimum absolute atomic E-state index is 0.102. The van der Waals surface area contributed by atoms with Gasteiger partial charge in [0.15, 0.2) is 0 Å². The van der Waals surface area contributed by atoms with Gasteiger partial charge in [0.05, 0.1) is 32.5 Å². The van der Waals surface area contributed by atoms with E-state index in [4.69, 9.17) is 26.2 Å². The van der Waals surface area contributed by atoms with E-state index in [2.05, 4.69) is 12.1 Å². The summed E-state index contributed by atoms with van der Waals surface area (Å²) in [4.78, 5) is 15.5. The number of hydrogen-bond donors (Lipinski definition) is 0. The van der Waals surface area contributed by atoms with Gasteiger partial charge >= 0.3 is 0 Å². The maximum Gasteiger partial charge on any atom is 0.257 e. The summed E-state index contributed by atoms with van der Waals surface area (Å²) in [6, 6.07) is 22.9. The number of rotatable bonds is 8. The van der Waals surface area contributed by atoms with Crippen LogP contribution in [0.5, 0.6) is 11.5 Å². The fourth-order valence-corrected chi connectivity index (χ4v) is 4.44. The second kappa shape index (κ2) is 10.7. The summed E-state index contributed by atoms with van der Waals surface area (Å²) in [7, 11) is 5.17. The molecule has 0 saturated carbocycles. The van der Waals surface area contributed by atoms with Gasteiger partial charge in [-0.25, -0.2) is 5.01 Å². The quantitative estimate of drug-likeness (QED) is 0.449. The van der Waals surface area contributed by atoms with Gasteiger partial charge < -0.3 is 9.47 Å². The second-order valence-electron chi connectivity index (χ2n) is 8.25. The topological polar surface area (TPSA) is 54.4 Å². The average molecular weight is 478 g/mol. The van der Waals surface area contributed by atoms with Crippen molar-refractivity contribution in [3.63, 3.8) is 0 Å². The molecule has 1 aliphatic rings. The third kappa shape index (κ3) is 5.24. The first-order valence-electron chi connectivity index (χ1n) is 11.1. The van der Waals surface area contributed by atoms with Crippen molar-refractivity contribution in [3.05, 3.63) is 94.5 Å². The first-order chi connectivity index (χ1) is 16.5. The van der Waals surface area contributed by atoms with Crippen LogP contribution in [0, 0.1) is 0 Å². The molecule has 6 nitrogen and oxygen atoms in total. The van der Waals surface area contributed by atoms with E-state index in [0.717, 1.165) is 22.4 Å². The van der Waals surface area contributed by atoms with E-state index >= 15 is 0 Å². The monoisotopic (exact) mass is 477 g/mol. The third-order valence-electron chi connectivity index (χ3n) is 5.85. The molecule has 0 radical (unpaired) electrons. The number of hydrogen-bond acceptors (Lipinski definition) is 5. The number of carbonyl (C=O) groups is 1. The summed E-state index contributed by atoms with van der Waals surface area (Å²) in [5, 5.41) is 6.93. The molecule has 1 atom stereocenters. The van der Waals surface area contributed by atoms with Gasteiger partial charge in [-0.3, -0.25) is 9.69 Å². The van der Waals surface area contributed by atoms with Crippen LogP contribution in [0.15, 0.2) is 77.9 Å². The molecule has 0 aromatic heterocycles. The van der Waals surface area contributed by atoms with Gasteiger partial charge in [-0.15, -0.1) is 0 Å². The molecule has 0 bridgehead atoms. The molecular formula is C27H28ClN3O3. The van der Waals surface area contributed by atoms with Crippen LogP contribution in [0.3, 0.4) is 0 Å². The summed E-state index contributed by atoms with van der Waals surface area (Å²) >= 11 is 6.47. The zero-order chi connectivity index (χ0) is 24.1. The summed E-state index contributed by atoms with van der Waals surface area (Å²) < 4.78 is 11.1. The van der Waals surface area contributed by atoms with Gasteiger partial charge in [-0.1, -0.05) is 60.1 Å². The molecule has 4 rings (SSSR count). The van der Waals surface area contributed by atoms with Crippen LogP contribution in [0.2, 0.25) is 5.02 Å². The number of nitrogens with zero attached hydrogens (tertiary/aromatic N) is 3. The lowest BCUT2D eigenvalue weighted by Crippen LogP contribution is -2.36. The van der Waals surface area contributed by atoms with E-state index < -0.39 is 0 Å². The third-order valence-corrected chi connectivity index (χ3v) is 6.18. The van der Waals surface area contributed by atoms with Crippen LogP contribution in [-0.4, -0.2) is 49.3 Å². The molecule has 0 saturated heterocycles. The lowest BCUT2D eigenvalue weighted by atomic mass is 9.97. The molecule has 3 aromatic carbocycles. The van der Waals surface area contributed by atoms with Crippen molar-refractivity contribution >= 4 is 23.2 Å². The molecule has 0 spiro atoms. The van der Waals surface area contributed by atoms with E-state index in [1.807, 2.05) is 72.6 Å². The minimum atomic E-state index is -0.339. The van der Waals surface area contributed by atoms with Crippen molar-refractivity contribution in [1.82, 2.24) is 9.91 Å². The number of halogens is 1. The molecule has 0 aliphatic carbocycles. The first kappa shape index (κ1) is 23.8. The Morgan fingerprint density at radius 3 is 2.50 bits per heavy atom. The number of methoxy groups -OCH3 is 2. The summed E-state index contributed by atoms with van der Waals surface area (Å²) in [6.45, 7) is 0.881. The van der Waals surface area contributed by atoms with Gasteiger partial charge in [0.1, 0.15) is 11.5 Å². The van der Waals surface area contributed by atoms with E-state index in [1.165, 1.54) is 0 Å². The van der Waals surface area contributed by atoms with Crippen molar-refractivity contribution in [2.45, 2.75) is 19.0 Å². The highest BCUT2D eigenvalue weighted by Crippen LogP contribution is 2.40. The van der Waals surface area contributed by atoms with E-state index in [1.54, 1.807) is 19.2 Å². The van der Waals surface area contributed by atoms with Gasteiger partial charge in [0.25, 0.3) is 5.91 Å². The fraction of sp³-hybridized carbons (Fsp3) is 0.259. The van der Waals surface area contributed by atoms with Crippen LogP contribution in [0.25, 0.3) is 0 Å². The zero-order valence-electron chi connectivity index (χ0n) is 19.6. The number of ether oxygens (including phenoxy) is 2. The molecule has 0 fully saturated rings. The Balaban J connectivity index is 1.65. The van der Waals surface area contributed by atoms with Crippen molar-refractivity contribution in [3.8, 4) is 11.5 Å². The Morgan fingerprint density at radius 1 is 1.06 bits per heavy atom. The van der Waals surface area contributed by atoms with Crippen molar-refractivity contribution in [2.75, 3.05) is 27.8 Å². The highest BCUT2D eigenvalue weighted by molar-refractivity contribution is 6.34. The number of amides is 1. The molecule has 1 heterocycles. The predicted molar refractivity (Wildman–Crippen MR) is 135 cm³/mol. The van der Waals surface area contributed by atoms with Crippen molar-refractivity contribution < 1.29 is 14.3 Å². The van der Waals surface area contributed by atoms with Crippen molar-refractivity contribution in [2.24, 2.45) is 5.10 Å². The highest BCUT2D eigenvalue weighted by atomic mass is 35.5. The number of carbonyl (C=O) groups excluding carboxylic acids is 1. The van der Waals surface area contributed by atoms with Crippen LogP contribution in [0.1, 0.15) is 29.2 Å². The SMILES string of the molecule is COc1ccc(OC)c(C2CC(c3ccccc3Cl)=NN2C(=O)CN(C)Cc2ccccc2)c1. The van der Waals surface area contributed by atoms with Crippen LogP contribution >= 0.6 is 11.6 Å². The number of benzene rings is 3. The maximum atomic E-state index is 13.5.